The number of hydrogen-bond donors (Lipinski definition) is 1. The zero-order chi connectivity index (χ0) is 22.4. The number of methoxy groups -OCH3 is 4. The fraction of sp³-hybridized carbons (Fsp3) is 0.182. The first-order valence-corrected chi connectivity index (χ1v) is 9.07. The molecule has 0 spiro atoms. The lowest BCUT2D eigenvalue weighted by molar-refractivity contribution is 0.0600. The SMILES string of the molecule is COC(=O)c1ccc(-c2nc(Nc3cc(OC)c(OC)c(OC)c3)ncc2C#N)cc1. The molecule has 31 heavy (non-hydrogen) atoms. The molecule has 0 saturated heterocycles. The maximum Gasteiger partial charge on any atom is 0.337 e. The average Bonchev–Trinajstić information content (AvgIpc) is 2.82. The molecule has 0 radical (unpaired) electrons. The van der Waals surface area contributed by atoms with Crippen LogP contribution in [0, 0.1) is 11.3 Å². The van der Waals surface area contributed by atoms with Crippen molar-refractivity contribution in [2.24, 2.45) is 0 Å². The first-order chi connectivity index (χ1) is 15.0. The van der Waals surface area contributed by atoms with Gasteiger partial charge in [0, 0.05) is 23.4 Å². The Morgan fingerprint density at radius 2 is 1.65 bits per heavy atom. The molecule has 3 aromatic rings. The average molecular weight is 420 g/mol. The molecule has 0 atom stereocenters. The number of rotatable bonds is 7. The second-order valence-corrected chi connectivity index (χ2v) is 6.18. The van der Waals surface area contributed by atoms with Gasteiger partial charge in [-0.3, -0.25) is 0 Å². The zero-order valence-electron chi connectivity index (χ0n) is 17.4. The van der Waals surface area contributed by atoms with Crippen LogP contribution in [0.2, 0.25) is 0 Å². The Bertz CT molecular complexity index is 1110. The first-order valence-electron chi connectivity index (χ1n) is 9.07. The summed E-state index contributed by atoms with van der Waals surface area (Å²) >= 11 is 0. The maximum absolute atomic E-state index is 11.7. The summed E-state index contributed by atoms with van der Waals surface area (Å²) in [6.45, 7) is 0. The monoisotopic (exact) mass is 420 g/mol. The van der Waals surface area contributed by atoms with Crippen molar-refractivity contribution in [2.45, 2.75) is 0 Å². The van der Waals surface area contributed by atoms with E-state index in [0.29, 0.717) is 45.3 Å². The molecule has 0 aliphatic heterocycles. The number of anilines is 2. The molecular formula is C22H20N4O5. The van der Waals surface area contributed by atoms with Crippen molar-refractivity contribution in [3.8, 4) is 34.6 Å². The van der Waals surface area contributed by atoms with E-state index in [-0.39, 0.29) is 5.95 Å². The molecule has 0 saturated carbocycles. The summed E-state index contributed by atoms with van der Waals surface area (Å²) in [5, 5.41) is 12.5. The van der Waals surface area contributed by atoms with Crippen LogP contribution in [0.5, 0.6) is 17.2 Å². The quantitative estimate of drug-likeness (QED) is 0.573. The van der Waals surface area contributed by atoms with E-state index < -0.39 is 5.97 Å². The van der Waals surface area contributed by atoms with Crippen LogP contribution in [0.15, 0.2) is 42.6 Å². The highest BCUT2D eigenvalue weighted by atomic mass is 16.5. The van der Waals surface area contributed by atoms with E-state index in [1.165, 1.54) is 34.6 Å². The molecule has 2 aromatic carbocycles. The van der Waals surface area contributed by atoms with Crippen LogP contribution in [-0.2, 0) is 4.74 Å². The van der Waals surface area contributed by atoms with Gasteiger partial charge in [0.1, 0.15) is 6.07 Å². The van der Waals surface area contributed by atoms with Crippen LogP contribution >= 0.6 is 0 Å². The first kappa shape index (κ1) is 21.4. The van der Waals surface area contributed by atoms with Gasteiger partial charge in [-0.15, -0.1) is 0 Å². The number of benzene rings is 2. The molecule has 0 aliphatic carbocycles. The topological polar surface area (TPSA) is 116 Å². The summed E-state index contributed by atoms with van der Waals surface area (Å²) in [5.41, 5.74) is 2.37. The van der Waals surface area contributed by atoms with E-state index in [1.54, 1.807) is 36.4 Å². The number of hydrogen-bond acceptors (Lipinski definition) is 9. The van der Waals surface area contributed by atoms with Gasteiger partial charge < -0.3 is 24.3 Å². The second kappa shape index (κ2) is 9.45. The highest BCUT2D eigenvalue weighted by Crippen LogP contribution is 2.40. The Kier molecular flexibility index (Phi) is 6.52. The Morgan fingerprint density at radius 1 is 1.00 bits per heavy atom. The number of nitrogens with one attached hydrogen (secondary N) is 1. The van der Waals surface area contributed by atoms with Crippen molar-refractivity contribution in [1.82, 2.24) is 9.97 Å². The van der Waals surface area contributed by atoms with Gasteiger partial charge in [-0.05, 0) is 12.1 Å². The van der Waals surface area contributed by atoms with Crippen molar-refractivity contribution in [2.75, 3.05) is 33.8 Å². The van der Waals surface area contributed by atoms with E-state index >= 15 is 0 Å². The zero-order valence-corrected chi connectivity index (χ0v) is 17.4. The molecule has 1 heterocycles. The fourth-order valence-electron chi connectivity index (χ4n) is 2.91. The number of nitriles is 1. The third-order valence-electron chi connectivity index (χ3n) is 4.41. The van der Waals surface area contributed by atoms with Gasteiger partial charge in [0.2, 0.25) is 11.7 Å². The number of esters is 1. The van der Waals surface area contributed by atoms with Crippen molar-refractivity contribution in [3.05, 3.63) is 53.7 Å². The Hall–Kier alpha value is -4.32. The molecule has 0 aliphatic rings. The van der Waals surface area contributed by atoms with E-state index in [2.05, 4.69) is 21.4 Å². The molecule has 0 bridgehead atoms. The summed E-state index contributed by atoms with van der Waals surface area (Å²) in [7, 11) is 5.88. The van der Waals surface area contributed by atoms with Gasteiger partial charge >= 0.3 is 5.97 Å². The van der Waals surface area contributed by atoms with Crippen molar-refractivity contribution < 1.29 is 23.7 Å². The second-order valence-electron chi connectivity index (χ2n) is 6.18. The molecule has 9 nitrogen and oxygen atoms in total. The highest BCUT2D eigenvalue weighted by Gasteiger charge is 2.15. The molecular weight excluding hydrogens is 400 g/mol. The van der Waals surface area contributed by atoms with E-state index in [4.69, 9.17) is 18.9 Å². The molecule has 158 valence electrons. The van der Waals surface area contributed by atoms with Crippen LogP contribution < -0.4 is 19.5 Å². The van der Waals surface area contributed by atoms with Crippen LogP contribution in [-0.4, -0.2) is 44.4 Å². The fourth-order valence-corrected chi connectivity index (χ4v) is 2.91. The van der Waals surface area contributed by atoms with Crippen LogP contribution in [0.1, 0.15) is 15.9 Å². The van der Waals surface area contributed by atoms with E-state index in [1.807, 2.05) is 0 Å². The minimum Gasteiger partial charge on any atom is -0.493 e. The van der Waals surface area contributed by atoms with E-state index in [0.717, 1.165) is 0 Å². The van der Waals surface area contributed by atoms with Gasteiger partial charge in [0.05, 0.1) is 51.5 Å². The number of ether oxygens (including phenoxy) is 4. The van der Waals surface area contributed by atoms with Crippen molar-refractivity contribution >= 4 is 17.6 Å². The normalized spacial score (nSPS) is 10.0. The smallest absolute Gasteiger partial charge is 0.337 e. The van der Waals surface area contributed by atoms with Gasteiger partial charge in [0.15, 0.2) is 11.5 Å². The van der Waals surface area contributed by atoms with Crippen LogP contribution in [0.25, 0.3) is 11.3 Å². The van der Waals surface area contributed by atoms with Crippen LogP contribution in [0.3, 0.4) is 0 Å². The Labute approximate surface area is 179 Å². The largest absolute Gasteiger partial charge is 0.493 e. The number of carbonyl (C=O) groups is 1. The molecule has 1 N–H and O–H groups in total. The molecule has 0 amide bonds. The summed E-state index contributed by atoms with van der Waals surface area (Å²) < 4.78 is 20.8. The van der Waals surface area contributed by atoms with Crippen LogP contribution in [0.4, 0.5) is 11.6 Å². The van der Waals surface area contributed by atoms with Gasteiger partial charge in [0.25, 0.3) is 0 Å². The van der Waals surface area contributed by atoms with Gasteiger partial charge in [-0.25, -0.2) is 14.8 Å². The third kappa shape index (κ3) is 4.48. The maximum atomic E-state index is 11.7. The molecule has 3 rings (SSSR count). The minimum atomic E-state index is -0.445. The number of aromatic nitrogens is 2. The minimum absolute atomic E-state index is 0.264. The summed E-state index contributed by atoms with van der Waals surface area (Å²) in [6.07, 6.45) is 1.43. The Balaban J connectivity index is 1.98. The standard InChI is InChI=1S/C22H20N4O5/c1-28-17-9-16(10-18(29-2)20(17)30-3)25-22-24-12-15(11-23)19(26-22)13-5-7-14(8-6-13)21(27)31-4/h5-10,12H,1-4H3,(H,24,25,26). The number of carbonyl (C=O) groups excluding carboxylic acids is 1. The summed E-state index contributed by atoms with van der Waals surface area (Å²) in [6, 6.07) is 12.1. The van der Waals surface area contributed by atoms with Gasteiger partial charge in [-0.1, -0.05) is 12.1 Å². The highest BCUT2D eigenvalue weighted by molar-refractivity contribution is 5.90. The third-order valence-corrected chi connectivity index (χ3v) is 4.41. The van der Waals surface area contributed by atoms with Crippen molar-refractivity contribution in [3.63, 3.8) is 0 Å². The lowest BCUT2D eigenvalue weighted by Crippen LogP contribution is -2.03. The van der Waals surface area contributed by atoms with Gasteiger partial charge in [-0.2, -0.15) is 5.26 Å². The molecule has 0 unspecified atom stereocenters. The number of nitrogens with zero attached hydrogens (tertiary/aromatic N) is 3. The van der Waals surface area contributed by atoms with Crippen molar-refractivity contribution in [1.29, 1.82) is 5.26 Å². The predicted octanol–water partition coefficient (Wildman–Crippen LogP) is 3.57. The Morgan fingerprint density at radius 3 is 2.16 bits per heavy atom. The molecule has 1 aromatic heterocycles. The summed E-state index contributed by atoms with van der Waals surface area (Å²) in [5.74, 6) is 1.22. The lowest BCUT2D eigenvalue weighted by Gasteiger charge is -2.15. The molecule has 0 fully saturated rings. The predicted molar refractivity (Wildman–Crippen MR) is 113 cm³/mol. The molecule has 9 heteroatoms. The lowest BCUT2D eigenvalue weighted by atomic mass is 10.1. The summed E-state index contributed by atoms with van der Waals surface area (Å²) in [4.78, 5) is 20.3. The van der Waals surface area contributed by atoms with E-state index in [9.17, 15) is 10.1 Å².